The molecule has 0 N–H and O–H groups in total. The molecule has 0 saturated carbocycles. The Morgan fingerprint density at radius 2 is 2.38 bits per heavy atom. The fourth-order valence-electron chi connectivity index (χ4n) is 1.82. The van der Waals surface area contributed by atoms with E-state index in [9.17, 15) is 8.42 Å². The van der Waals surface area contributed by atoms with E-state index in [1.165, 1.54) is 21.4 Å². The normalized spacial score (nSPS) is 22.8. The molecular weight excluding hydrogens is 294 g/mol. The number of nitrogens with zero attached hydrogens (tertiary/aromatic N) is 3. The number of halogens is 1. The quantitative estimate of drug-likeness (QED) is 0.777. The SMILES string of the molecule is Cn1cc(S(=O)(=O)N2CCC(CBr)C2)cn1. The molecule has 1 aromatic heterocycles. The lowest BCUT2D eigenvalue weighted by molar-refractivity contribution is 0.466. The van der Waals surface area contributed by atoms with Crippen molar-refractivity contribution in [1.82, 2.24) is 14.1 Å². The molecular formula is C9H14BrN3O2S. The Balaban J connectivity index is 2.21. The molecule has 16 heavy (non-hydrogen) atoms. The molecule has 0 aromatic carbocycles. The molecule has 1 atom stereocenters. The van der Waals surface area contributed by atoms with Crippen molar-refractivity contribution in [3.63, 3.8) is 0 Å². The Morgan fingerprint density at radius 1 is 1.62 bits per heavy atom. The van der Waals surface area contributed by atoms with Gasteiger partial charge in [0.2, 0.25) is 10.0 Å². The predicted molar refractivity (Wildman–Crippen MR) is 63.9 cm³/mol. The monoisotopic (exact) mass is 307 g/mol. The molecule has 5 nitrogen and oxygen atoms in total. The number of alkyl halides is 1. The Bertz CT molecular complexity index is 471. The first-order valence-electron chi connectivity index (χ1n) is 5.09. The summed E-state index contributed by atoms with van der Waals surface area (Å²) >= 11 is 3.39. The highest BCUT2D eigenvalue weighted by Crippen LogP contribution is 2.24. The van der Waals surface area contributed by atoms with Crippen molar-refractivity contribution in [3.8, 4) is 0 Å². The summed E-state index contributed by atoms with van der Waals surface area (Å²) in [7, 11) is -1.62. The van der Waals surface area contributed by atoms with E-state index in [0.717, 1.165) is 11.8 Å². The van der Waals surface area contributed by atoms with Gasteiger partial charge < -0.3 is 0 Å². The minimum Gasteiger partial charge on any atom is -0.274 e. The van der Waals surface area contributed by atoms with E-state index in [1.54, 1.807) is 7.05 Å². The van der Waals surface area contributed by atoms with E-state index in [2.05, 4.69) is 21.0 Å². The Labute approximate surface area is 104 Å². The van der Waals surface area contributed by atoms with Gasteiger partial charge >= 0.3 is 0 Å². The average Bonchev–Trinajstić information content (AvgIpc) is 2.85. The smallest absolute Gasteiger partial charge is 0.246 e. The van der Waals surface area contributed by atoms with Crippen LogP contribution in [0, 0.1) is 5.92 Å². The van der Waals surface area contributed by atoms with Gasteiger partial charge in [0, 0.05) is 31.7 Å². The minimum atomic E-state index is -3.33. The van der Waals surface area contributed by atoms with Crippen LogP contribution in [0.25, 0.3) is 0 Å². The third-order valence-corrected chi connectivity index (χ3v) is 5.52. The van der Waals surface area contributed by atoms with Crippen molar-refractivity contribution in [2.75, 3.05) is 18.4 Å². The van der Waals surface area contributed by atoms with Crippen molar-refractivity contribution in [1.29, 1.82) is 0 Å². The zero-order valence-electron chi connectivity index (χ0n) is 9.00. The number of aryl methyl sites for hydroxylation is 1. The Hall–Kier alpha value is -0.400. The maximum atomic E-state index is 12.2. The minimum absolute atomic E-state index is 0.283. The van der Waals surface area contributed by atoms with Crippen LogP contribution in [0.5, 0.6) is 0 Å². The third kappa shape index (κ3) is 2.16. The second-order valence-electron chi connectivity index (χ2n) is 4.02. The van der Waals surface area contributed by atoms with Gasteiger partial charge in [-0.15, -0.1) is 0 Å². The van der Waals surface area contributed by atoms with Gasteiger partial charge in [0.05, 0.1) is 6.20 Å². The van der Waals surface area contributed by atoms with Crippen molar-refractivity contribution < 1.29 is 8.42 Å². The summed E-state index contributed by atoms with van der Waals surface area (Å²) < 4.78 is 27.4. The van der Waals surface area contributed by atoms with E-state index in [0.29, 0.717) is 19.0 Å². The van der Waals surface area contributed by atoms with E-state index >= 15 is 0 Å². The molecule has 1 fully saturated rings. The van der Waals surface area contributed by atoms with Crippen LogP contribution in [0.15, 0.2) is 17.3 Å². The number of rotatable bonds is 3. The van der Waals surface area contributed by atoms with Crippen LogP contribution in [-0.2, 0) is 17.1 Å². The highest BCUT2D eigenvalue weighted by Gasteiger charge is 2.32. The molecule has 0 spiro atoms. The first-order valence-corrected chi connectivity index (χ1v) is 7.65. The third-order valence-electron chi connectivity index (χ3n) is 2.79. The summed E-state index contributed by atoms with van der Waals surface area (Å²) in [6.45, 7) is 1.20. The van der Waals surface area contributed by atoms with Gasteiger partial charge in [-0.1, -0.05) is 15.9 Å². The molecule has 1 aromatic rings. The van der Waals surface area contributed by atoms with Crippen LogP contribution in [0.1, 0.15) is 6.42 Å². The van der Waals surface area contributed by atoms with Crippen molar-refractivity contribution in [2.24, 2.45) is 13.0 Å². The topological polar surface area (TPSA) is 55.2 Å². The Morgan fingerprint density at radius 3 is 2.88 bits per heavy atom. The highest BCUT2D eigenvalue weighted by atomic mass is 79.9. The molecule has 7 heteroatoms. The molecule has 0 aliphatic carbocycles. The van der Waals surface area contributed by atoms with Gasteiger partial charge in [-0.25, -0.2) is 8.42 Å². The maximum Gasteiger partial charge on any atom is 0.246 e. The van der Waals surface area contributed by atoms with E-state index < -0.39 is 10.0 Å². The molecule has 0 bridgehead atoms. The maximum absolute atomic E-state index is 12.2. The van der Waals surface area contributed by atoms with Crippen LogP contribution in [0.2, 0.25) is 0 Å². The summed E-state index contributed by atoms with van der Waals surface area (Å²) in [5, 5.41) is 4.75. The molecule has 0 amide bonds. The first kappa shape index (κ1) is 12.1. The molecule has 1 unspecified atom stereocenters. The predicted octanol–water partition coefficient (Wildman–Crippen LogP) is 0.826. The molecule has 1 saturated heterocycles. The lowest BCUT2D eigenvalue weighted by atomic mass is 10.2. The van der Waals surface area contributed by atoms with Crippen LogP contribution < -0.4 is 0 Å². The summed E-state index contributed by atoms with van der Waals surface area (Å²) in [6.07, 6.45) is 3.86. The van der Waals surface area contributed by atoms with Gasteiger partial charge in [-0.05, 0) is 12.3 Å². The standard InChI is InChI=1S/C9H14BrN3O2S/c1-12-7-9(5-11-12)16(14,15)13-3-2-8(4-10)6-13/h5,7-8H,2-4,6H2,1H3. The largest absolute Gasteiger partial charge is 0.274 e. The van der Waals surface area contributed by atoms with E-state index in [4.69, 9.17) is 0 Å². The van der Waals surface area contributed by atoms with Crippen LogP contribution in [-0.4, -0.2) is 40.9 Å². The summed E-state index contributed by atoms with van der Waals surface area (Å²) in [5.74, 6) is 0.423. The molecule has 1 aliphatic heterocycles. The number of hydrogen-bond acceptors (Lipinski definition) is 3. The number of hydrogen-bond donors (Lipinski definition) is 0. The summed E-state index contributed by atoms with van der Waals surface area (Å²) in [4.78, 5) is 0.283. The van der Waals surface area contributed by atoms with Crippen molar-refractivity contribution in [3.05, 3.63) is 12.4 Å². The molecule has 0 radical (unpaired) electrons. The van der Waals surface area contributed by atoms with E-state index in [-0.39, 0.29) is 4.90 Å². The van der Waals surface area contributed by atoms with Crippen LogP contribution in [0.4, 0.5) is 0 Å². The number of aromatic nitrogens is 2. The van der Waals surface area contributed by atoms with Crippen LogP contribution >= 0.6 is 15.9 Å². The first-order chi connectivity index (χ1) is 7.54. The van der Waals surface area contributed by atoms with Gasteiger partial charge in [0.25, 0.3) is 0 Å². The fraction of sp³-hybridized carbons (Fsp3) is 0.667. The van der Waals surface area contributed by atoms with Gasteiger partial charge in [0.15, 0.2) is 0 Å². The summed E-state index contributed by atoms with van der Waals surface area (Å²) in [5.41, 5.74) is 0. The Kier molecular flexibility index (Phi) is 3.37. The lowest BCUT2D eigenvalue weighted by Gasteiger charge is -2.14. The zero-order chi connectivity index (χ0) is 11.8. The number of sulfonamides is 1. The van der Waals surface area contributed by atoms with Gasteiger partial charge in [-0.2, -0.15) is 9.40 Å². The van der Waals surface area contributed by atoms with Crippen molar-refractivity contribution >= 4 is 26.0 Å². The average molecular weight is 308 g/mol. The van der Waals surface area contributed by atoms with E-state index in [1.807, 2.05) is 0 Å². The molecule has 2 rings (SSSR count). The summed E-state index contributed by atoms with van der Waals surface area (Å²) in [6, 6.07) is 0. The molecule has 2 heterocycles. The van der Waals surface area contributed by atoms with Gasteiger partial charge in [0.1, 0.15) is 4.90 Å². The second-order valence-corrected chi connectivity index (χ2v) is 6.61. The lowest BCUT2D eigenvalue weighted by Crippen LogP contribution is -2.28. The van der Waals surface area contributed by atoms with Gasteiger partial charge in [-0.3, -0.25) is 4.68 Å². The fourth-order valence-corrected chi connectivity index (χ4v) is 3.87. The highest BCUT2D eigenvalue weighted by molar-refractivity contribution is 9.09. The molecule has 1 aliphatic rings. The van der Waals surface area contributed by atoms with Crippen molar-refractivity contribution in [2.45, 2.75) is 11.3 Å². The van der Waals surface area contributed by atoms with Crippen LogP contribution in [0.3, 0.4) is 0 Å². The second kappa shape index (κ2) is 4.46. The molecule has 90 valence electrons. The zero-order valence-corrected chi connectivity index (χ0v) is 11.4.